The van der Waals surface area contributed by atoms with Crippen LogP contribution in [0.5, 0.6) is 11.5 Å². The maximum atomic E-state index is 12.1. The van der Waals surface area contributed by atoms with Gasteiger partial charge in [0, 0.05) is 0 Å². The molecule has 0 saturated heterocycles. The summed E-state index contributed by atoms with van der Waals surface area (Å²) in [4.78, 5) is 23.9. The van der Waals surface area contributed by atoms with Crippen LogP contribution in [-0.4, -0.2) is 25.5 Å². The first-order valence-electron chi connectivity index (χ1n) is 7.43. The summed E-state index contributed by atoms with van der Waals surface area (Å²) in [6, 6.07) is 12.5. The number of hydrazine groups is 1. The van der Waals surface area contributed by atoms with Crippen molar-refractivity contribution in [1.29, 1.82) is 0 Å². The largest absolute Gasteiger partial charge is 0.496 e. The highest BCUT2D eigenvalue weighted by molar-refractivity contribution is 5.97. The molecule has 0 atom stereocenters. The second-order valence-electron chi connectivity index (χ2n) is 5.26. The number of carbonyl (C=O) groups excluding carboxylic acids is 2. The standard InChI is InChI=1S/C18H20N2O4/c1-12-8-9-13(2)16(10-12)24-11-17(21)19-20-18(22)14-6-4-5-7-15(14)23-3/h4-10H,11H2,1-3H3,(H,19,21)(H,20,22). The van der Waals surface area contributed by atoms with E-state index in [2.05, 4.69) is 10.9 Å². The van der Waals surface area contributed by atoms with Gasteiger partial charge in [-0.25, -0.2) is 0 Å². The van der Waals surface area contributed by atoms with Gasteiger partial charge < -0.3 is 9.47 Å². The zero-order chi connectivity index (χ0) is 17.5. The molecule has 0 aliphatic heterocycles. The molecule has 0 radical (unpaired) electrons. The minimum atomic E-state index is -0.465. The number of nitrogens with one attached hydrogen (secondary N) is 2. The molecule has 0 saturated carbocycles. The zero-order valence-corrected chi connectivity index (χ0v) is 13.9. The van der Waals surface area contributed by atoms with Gasteiger partial charge in [-0.1, -0.05) is 24.3 Å². The lowest BCUT2D eigenvalue weighted by Crippen LogP contribution is -2.43. The van der Waals surface area contributed by atoms with Crippen molar-refractivity contribution in [2.75, 3.05) is 13.7 Å². The minimum Gasteiger partial charge on any atom is -0.496 e. The van der Waals surface area contributed by atoms with E-state index in [0.29, 0.717) is 17.1 Å². The summed E-state index contributed by atoms with van der Waals surface area (Å²) in [6.45, 7) is 3.65. The van der Waals surface area contributed by atoms with Gasteiger partial charge >= 0.3 is 0 Å². The third-order valence-electron chi connectivity index (χ3n) is 3.37. The molecule has 0 heterocycles. The van der Waals surface area contributed by atoms with E-state index in [9.17, 15) is 9.59 Å². The molecule has 2 aromatic carbocycles. The van der Waals surface area contributed by atoms with Crippen molar-refractivity contribution >= 4 is 11.8 Å². The van der Waals surface area contributed by atoms with Gasteiger partial charge in [0.25, 0.3) is 11.8 Å². The molecule has 2 aromatic rings. The molecule has 6 nitrogen and oxygen atoms in total. The number of aryl methyl sites for hydroxylation is 2. The smallest absolute Gasteiger partial charge is 0.276 e. The van der Waals surface area contributed by atoms with Gasteiger partial charge in [-0.05, 0) is 43.2 Å². The van der Waals surface area contributed by atoms with E-state index in [-0.39, 0.29) is 6.61 Å². The highest BCUT2D eigenvalue weighted by Gasteiger charge is 2.12. The summed E-state index contributed by atoms with van der Waals surface area (Å²) in [5.74, 6) is 0.142. The fraction of sp³-hybridized carbons (Fsp3) is 0.222. The Labute approximate surface area is 140 Å². The van der Waals surface area contributed by atoms with Gasteiger partial charge in [-0.3, -0.25) is 20.4 Å². The molecule has 2 N–H and O–H groups in total. The molecule has 0 aliphatic carbocycles. The van der Waals surface area contributed by atoms with Crippen LogP contribution in [0, 0.1) is 13.8 Å². The van der Waals surface area contributed by atoms with Crippen molar-refractivity contribution in [2.24, 2.45) is 0 Å². The average Bonchev–Trinajstić information content (AvgIpc) is 2.60. The Balaban J connectivity index is 1.87. The van der Waals surface area contributed by atoms with Crippen molar-refractivity contribution in [3.05, 3.63) is 59.2 Å². The maximum absolute atomic E-state index is 12.1. The molecule has 0 aliphatic rings. The van der Waals surface area contributed by atoms with Crippen molar-refractivity contribution in [3.63, 3.8) is 0 Å². The van der Waals surface area contributed by atoms with Crippen molar-refractivity contribution in [1.82, 2.24) is 10.9 Å². The van der Waals surface area contributed by atoms with Crippen LogP contribution in [-0.2, 0) is 4.79 Å². The number of rotatable bonds is 5. The summed E-state index contributed by atoms with van der Waals surface area (Å²) in [7, 11) is 1.47. The van der Waals surface area contributed by atoms with Crippen LogP contribution in [0.4, 0.5) is 0 Å². The number of methoxy groups -OCH3 is 1. The molecule has 2 amide bonds. The lowest BCUT2D eigenvalue weighted by Gasteiger charge is -2.12. The molecule has 126 valence electrons. The van der Waals surface area contributed by atoms with Crippen LogP contribution < -0.4 is 20.3 Å². The molecule has 24 heavy (non-hydrogen) atoms. The van der Waals surface area contributed by atoms with E-state index >= 15 is 0 Å². The Morgan fingerprint density at radius 3 is 2.50 bits per heavy atom. The first kappa shape index (κ1) is 17.3. The van der Waals surface area contributed by atoms with Crippen LogP contribution in [0.15, 0.2) is 42.5 Å². The van der Waals surface area contributed by atoms with E-state index in [1.165, 1.54) is 7.11 Å². The van der Waals surface area contributed by atoms with Crippen LogP contribution in [0.25, 0.3) is 0 Å². The van der Waals surface area contributed by atoms with Gasteiger partial charge in [0.2, 0.25) is 0 Å². The molecule has 2 rings (SSSR count). The maximum Gasteiger partial charge on any atom is 0.276 e. The summed E-state index contributed by atoms with van der Waals surface area (Å²) >= 11 is 0. The summed E-state index contributed by atoms with van der Waals surface area (Å²) in [5.41, 5.74) is 6.96. The fourth-order valence-corrected chi connectivity index (χ4v) is 2.07. The Kier molecular flexibility index (Phi) is 5.78. The molecule has 0 unspecified atom stereocenters. The molecular weight excluding hydrogens is 308 g/mol. The van der Waals surface area contributed by atoms with Gasteiger partial charge in [0.05, 0.1) is 12.7 Å². The van der Waals surface area contributed by atoms with Crippen molar-refractivity contribution in [3.8, 4) is 11.5 Å². The number of ether oxygens (including phenoxy) is 2. The average molecular weight is 328 g/mol. The van der Waals surface area contributed by atoms with Gasteiger partial charge in [-0.2, -0.15) is 0 Å². The second-order valence-corrected chi connectivity index (χ2v) is 5.26. The third kappa shape index (κ3) is 4.49. The Hall–Kier alpha value is -3.02. The monoisotopic (exact) mass is 328 g/mol. The topological polar surface area (TPSA) is 76.7 Å². The number of benzene rings is 2. The number of hydrogen-bond donors (Lipinski definition) is 2. The van der Waals surface area contributed by atoms with E-state index in [4.69, 9.17) is 9.47 Å². The first-order valence-corrected chi connectivity index (χ1v) is 7.43. The first-order chi connectivity index (χ1) is 11.5. The predicted octanol–water partition coefficient (Wildman–Crippen LogP) is 2.15. The van der Waals surface area contributed by atoms with Crippen LogP contribution in [0.2, 0.25) is 0 Å². The number of carbonyl (C=O) groups is 2. The van der Waals surface area contributed by atoms with E-state index in [1.807, 2.05) is 32.0 Å². The van der Waals surface area contributed by atoms with Crippen LogP contribution in [0.1, 0.15) is 21.5 Å². The zero-order valence-electron chi connectivity index (χ0n) is 13.9. The second kappa shape index (κ2) is 8.01. The summed E-state index contributed by atoms with van der Waals surface area (Å²) in [6.07, 6.45) is 0. The van der Waals surface area contributed by atoms with Gasteiger partial charge in [-0.15, -0.1) is 0 Å². The van der Waals surface area contributed by atoms with Gasteiger partial charge in [0.1, 0.15) is 11.5 Å². The predicted molar refractivity (Wildman–Crippen MR) is 90.0 cm³/mol. The minimum absolute atomic E-state index is 0.198. The Bertz CT molecular complexity index is 744. The van der Waals surface area contributed by atoms with E-state index < -0.39 is 11.8 Å². The molecule has 0 spiro atoms. The number of amides is 2. The molecular formula is C18H20N2O4. The van der Waals surface area contributed by atoms with Gasteiger partial charge in [0.15, 0.2) is 6.61 Å². The quantitative estimate of drug-likeness (QED) is 0.825. The lowest BCUT2D eigenvalue weighted by molar-refractivity contribution is -0.123. The lowest BCUT2D eigenvalue weighted by atomic mass is 10.1. The Morgan fingerprint density at radius 1 is 1.00 bits per heavy atom. The normalized spacial score (nSPS) is 9.96. The fourth-order valence-electron chi connectivity index (χ4n) is 2.07. The highest BCUT2D eigenvalue weighted by Crippen LogP contribution is 2.19. The van der Waals surface area contributed by atoms with Crippen LogP contribution in [0.3, 0.4) is 0 Å². The van der Waals surface area contributed by atoms with Crippen molar-refractivity contribution in [2.45, 2.75) is 13.8 Å². The SMILES string of the molecule is COc1ccccc1C(=O)NNC(=O)COc1cc(C)ccc1C. The van der Waals surface area contributed by atoms with Crippen LogP contribution >= 0.6 is 0 Å². The summed E-state index contributed by atoms with van der Waals surface area (Å²) in [5, 5.41) is 0. The third-order valence-corrected chi connectivity index (χ3v) is 3.37. The molecule has 0 aromatic heterocycles. The number of hydrogen-bond acceptors (Lipinski definition) is 4. The molecule has 6 heteroatoms. The van der Waals surface area contributed by atoms with E-state index in [1.54, 1.807) is 24.3 Å². The molecule has 0 fully saturated rings. The summed E-state index contributed by atoms with van der Waals surface area (Å²) < 4.78 is 10.6. The highest BCUT2D eigenvalue weighted by atomic mass is 16.5. The van der Waals surface area contributed by atoms with E-state index in [0.717, 1.165) is 11.1 Å². The number of para-hydroxylation sites is 1. The molecule has 0 bridgehead atoms. The van der Waals surface area contributed by atoms with Crippen molar-refractivity contribution < 1.29 is 19.1 Å². The Morgan fingerprint density at radius 2 is 1.75 bits per heavy atom.